The van der Waals surface area contributed by atoms with Crippen LogP contribution < -0.4 is 27.0 Å². The van der Waals surface area contributed by atoms with Crippen LogP contribution in [0.15, 0.2) is 18.2 Å². The summed E-state index contributed by atoms with van der Waals surface area (Å²) in [6, 6.07) is 6.47. The number of carbonyl (C=O) groups excluding carboxylic acids is 1. The molecule has 0 bridgehead atoms. The van der Waals surface area contributed by atoms with E-state index in [0.29, 0.717) is 23.6 Å². The van der Waals surface area contributed by atoms with Crippen LogP contribution in [0, 0.1) is 6.92 Å². The van der Waals surface area contributed by atoms with Crippen molar-refractivity contribution in [2.75, 3.05) is 40.3 Å². The Hall–Kier alpha value is -1.07. The molecule has 1 amide bonds. The first-order chi connectivity index (χ1) is 13.2. The number of benzene rings is 1. The van der Waals surface area contributed by atoms with E-state index < -0.39 is 0 Å². The second kappa shape index (κ2) is 14.8. The standard InChI is InChI=1S/C24H42N2O2.BrH/c1-7-8-9-10-11-15-25-24(27)19-26(5,6)16-12-17-28-23-18-22(20(2)3)14-13-21(23)4;/h13-14,18,20H,7-12,15-17,19H2,1-6H3;1H. The zero-order chi connectivity index (χ0) is 21.0. The van der Waals surface area contributed by atoms with Crippen LogP contribution in [0.2, 0.25) is 0 Å². The van der Waals surface area contributed by atoms with Crippen LogP contribution in [0.4, 0.5) is 0 Å². The number of hydrogen-bond acceptors (Lipinski definition) is 2. The molecule has 0 saturated carbocycles. The lowest BCUT2D eigenvalue weighted by Crippen LogP contribution is -3.00. The third-order valence-electron chi connectivity index (χ3n) is 5.22. The maximum atomic E-state index is 12.2. The first-order valence-corrected chi connectivity index (χ1v) is 11.1. The summed E-state index contributed by atoms with van der Waals surface area (Å²) in [6.07, 6.45) is 7.05. The van der Waals surface area contributed by atoms with Crippen molar-refractivity contribution in [3.63, 3.8) is 0 Å². The minimum atomic E-state index is 0. The maximum absolute atomic E-state index is 12.2. The number of amides is 1. The van der Waals surface area contributed by atoms with Gasteiger partial charge in [0.25, 0.3) is 5.91 Å². The SMILES string of the molecule is CCCCCCCNC(=O)C[N+](C)(C)CCCOc1cc(C(C)C)ccc1C.[Br-]. The van der Waals surface area contributed by atoms with Gasteiger partial charge in [-0.25, -0.2) is 0 Å². The number of rotatable bonds is 14. The van der Waals surface area contributed by atoms with Gasteiger partial charge in [0, 0.05) is 13.0 Å². The van der Waals surface area contributed by atoms with Gasteiger partial charge in [-0.3, -0.25) is 4.79 Å². The van der Waals surface area contributed by atoms with Crippen molar-refractivity contribution in [1.82, 2.24) is 5.32 Å². The average Bonchev–Trinajstić information content (AvgIpc) is 2.62. The molecular formula is C24H43BrN2O2. The number of hydrogen-bond donors (Lipinski definition) is 1. The van der Waals surface area contributed by atoms with Crippen molar-refractivity contribution >= 4 is 5.91 Å². The molecule has 5 heteroatoms. The van der Waals surface area contributed by atoms with E-state index in [0.717, 1.165) is 31.7 Å². The number of aryl methyl sites for hydroxylation is 1. The lowest BCUT2D eigenvalue weighted by atomic mass is 10.0. The number of quaternary nitrogens is 1. The third kappa shape index (κ3) is 12.3. The maximum Gasteiger partial charge on any atom is 0.275 e. The summed E-state index contributed by atoms with van der Waals surface area (Å²) < 4.78 is 6.72. The smallest absolute Gasteiger partial charge is 0.275 e. The van der Waals surface area contributed by atoms with Crippen molar-refractivity contribution < 1.29 is 31.0 Å². The van der Waals surface area contributed by atoms with Gasteiger partial charge in [-0.1, -0.05) is 58.6 Å². The number of halogens is 1. The number of unbranched alkanes of at least 4 members (excludes halogenated alkanes) is 4. The molecule has 29 heavy (non-hydrogen) atoms. The quantitative estimate of drug-likeness (QED) is 0.333. The van der Waals surface area contributed by atoms with Crippen LogP contribution in [-0.4, -0.2) is 50.7 Å². The highest BCUT2D eigenvalue weighted by Crippen LogP contribution is 2.24. The Morgan fingerprint density at radius 3 is 2.45 bits per heavy atom. The number of ether oxygens (including phenoxy) is 1. The van der Waals surface area contributed by atoms with E-state index in [9.17, 15) is 4.79 Å². The van der Waals surface area contributed by atoms with E-state index in [4.69, 9.17) is 4.74 Å². The lowest BCUT2D eigenvalue weighted by molar-refractivity contribution is -0.882. The van der Waals surface area contributed by atoms with Gasteiger partial charge in [0.15, 0.2) is 6.54 Å². The Morgan fingerprint density at radius 1 is 1.10 bits per heavy atom. The van der Waals surface area contributed by atoms with Gasteiger partial charge in [0.1, 0.15) is 5.75 Å². The van der Waals surface area contributed by atoms with Crippen molar-refractivity contribution in [2.24, 2.45) is 0 Å². The van der Waals surface area contributed by atoms with E-state index in [1.807, 2.05) is 0 Å². The Morgan fingerprint density at radius 2 is 1.79 bits per heavy atom. The molecule has 1 aromatic rings. The van der Waals surface area contributed by atoms with Gasteiger partial charge in [-0.15, -0.1) is 0 Å². The van der Waals surface area contributed by atoms with Gasteiger partial charge in [-0.05, 0) is 36.5 Å². The summed E-state index contributed by atoms with van der Waals surface area (Å²) in [7, 11) is 4.23. The first-order valence-electron chi connectivity index (χ1n) is 11.1. The summed E-state index contributed by atoms with van der Waals surface area (Å²) in [4.78, 5) is 12.2. The molecule has 168 valence electrons. The van der Waals surface area contributed by atoms with Crippen LogP contribution in [0.5, 0.6) is 5.75 Å². The van der Waals surface area contributed by atoms with Crippen molar-refractivity contribution in [2.45, 2.75) is 72.1 Å². The zero-order valence-electron chi connectivity index (χ0n) is 19.5. The minimum Gasteiger partial charge on any atom is -1.00 e. The van der Waals surface area contributed by atoms with Gasteiger partial charge in [0.05, 0.1) is 27.2 Å². The number of carbonyl (C=O) groups is 1. The molecule has 0 spiro atoms. The van der Waals surface area contributed by atoms with Crippen LogP contribution in [0.25, 0.3) is 0 Å². The number of likely N-dealkylation sites (N-methyl/N-ethyl adjacent to an activating group) is 1. The van der Waals surface area contributed by atoms with Gasteiger partial charge in [-0.2, -0.15) is 0 Å². The summed E-state index contributed by atoms with van der Waals surface area (Å²) in [5, 5.41) is 3.07. The normalized spacial score (nSPS) is 11.3. The third-order valence-corrected chi connectivity index (χ3v) is 5.22. The molecule has 0 aliphatic carbocycles. The van der Waals surface area contributed by atoms with Crippen LogP contribution >= 0.6 is 0 Å². The highest BCUT2D eigenvalue weighted by Gasteiger charge is 2.19. The van der Waals surface area contributed by atoms with Crippen molar-refractivity contribution in [3.8, 4) is 5.75 Å². The molecule has 1 rings (SSSR count). The van der Waals surface area contributed by atoms with Crippen molar-refractivity contribution in [1.29, 1.82) is 0 Å². The summed E-state index contributed by atoms with van der Waals surface area (Å²) >= 11 is 0. The van der Waals surface area contributed by atoms with E-state index >= 15 is 0 Å². The molecule has 0 unspecified atom stereocenters. The fraction of sp³-hybridized carbons (Fsp3) is 0.708. The summed E-state index contributed by atoms with van der Waals surface area (Å²) in [5.74, 6) is 1.64. The highest BCUT2D eigenvalue weighted by atomic mass is 79.9. The molecule has 0 fully saturated rings. The lowest BCUT2D eigenvalue weighted by Gasteiger charge is -2.29. The van der Waals surface area contributed by atoms with Gasteiger partial charge in [0.2, 0.25) is 0 Å². The molecule has 0 radical (unpaired) electrons. The Bertz CT molecular complexity index is 588. The molecular weight excluding hydrogens is 428 g/mol. The predicted octanol–water partition coefficient (Wildman–Crippen LogP) is 2.05. The molecule has 1 aromatic carbocycles. The summed E-state index contributed by atoms with van der Waals surface area (Å²) in [6.45, 7) is 11.6. The summed E-state index contributed by atoms with van der Waals surface area (Å²) in [5.41, 5.74) is 2.49. The second-order valence-electron chi connectivity index (χ2n) is 8.96. The predicted molar refractivity (Wildman–Crippen MR) is 119 cm³/mol. The van der Waals surface area contributed by atoms with Gasteiger partial charge < -0.3 is 31.5 Å². The van der Waals surface area contributed by atoms with Gasteiger partial charge >= 0.3 is 0 Å². The monoisotopic (exact) mass is 470 g/mol. The topological polar surface area (TPSA) is 38.3 Å². The second-order valence-corrected chi connectivity index (χ2v) is 8.96. The Kier molecular flexibility index (Phi) is 14.3. The molecule has 0 saturated heterocycles. The Balaban J connectivity index is 0.00000784. The van der Waals surface area contributed by atoms with E-state index in [2.05, 4.69) is 65.3 Å². The van der Waals surface area contributed by atoms with E-state index in [-0.39, 0.29) is 22.9 Å². The van der Waals surface area contributed by atoms with Crippen molar-refractivity contribution in [3.05, 3.63) is 29.3 Å². The minimum absolute atomic E-state index is 0. The first kappa shape index (κ1) is 27.9. The molecule has 0 heterocycles. The Labute approximate surface area is 189 Å². The van der Waals surface area contributed by atoms with Crippen LogP contribution in [0.3, 0.4) is 0 Å². The molecule has 0 aliphatic heterocycles. The van der Waals surface area contributed by atoms with E-state index in [1.54, 1.807) is 0 Å². The fourth-order valence-electron chi connectivity index (χ4n) is 3.29. The molecule has 1 N–H and O–H groups in total. The fourth-order valence-corrected chi connectivity index (χ4v) is 3.29. The van der Waals surface area contributed by atoms with Crippen LogP contribution in [0.1, 0.15) is 76.3 Å². The number of nitrogens with one attached hydrogen (secondary N) is 1. The molecule has 0 aliphatic rings. The van der Waals surface area contributed by atoms with E-state index in [1.165, 1.54) is 36.8 Å². The largest absolute Gasteiger partial charge is 1.00 e. The highest BCUT2D eigenvalue weighted by molar-refractivity contribution is 5.76. The van der Waals surface area contributed by atoms with Crippen LogP contribution in [-0.2, 0) is 4.79 Å². The zero-order valence-corrected chi connectivity index (χ0v) is 21.1. The average molecular weight is 472 g/mol. The molecule has 0 aromatic heterocycles. The molecule has 4 nitrogen and oxygen atoms in total. The number of nitrogens with zero attached hydrogens (tertiary/aromatic N) is 1. The molecule has 0 atom stereocenters.